The highest BCUT2D eigenvalue weighted by atomic mass is 32.2. The lowest BCUT2D eigenvalue weighted by Crippen LogP contribution is -2.43. The predicted molar refractivity (Wildman–Crippen MR) is 106 cm³/mol. The summed E-state index contributed by atoms with van der Waals surface area (Å²) in [6, 6.07) is 20.1. The van der Waals surface area contributed by atoms with Gasteiger partial charge in [0.25, 0.3) is 0 Å². The molecule has 0 spiro atoms. The second-order valence-electron chi connectivity index (χ2n) is 5.44. The third-order valence-corrected chi connectivity index (χ3v) is 5.57. The van der Waals surface area contributed by atoms with E-state index in [0.717, 1.165) is 17.3 Å². The largest absolute Gasteiger partial charge is 0.354 e. The monoisotopic (exact) mass is 360 g/mol. The van der Waals surface area contributed by atoms with Gasteiger partial charge in [-0.15, -0.1) is 0 Å². The Hall–Kier alpha value is -1.43. The van der Waals surface area contributed by atoms with E-state index in [0.29, 0.717) is 12.3 Å². The highest BCUT2D eigenvalue weighted by molar-refractivity contribution is 7.98. The highest BCUT2D eigenvalue weighted by Crippen LogP contribution is 2.13. The molecule has 0 aliphatic carbocycles. The minimum absolute atomic E-state index is 0.0594. The summed E-state index contributed by atoms with van der Waals surface area (Å²) in [4.78, 5) is 12.0. The molecule has 3 nitrogen and oxygen atoms in total. The molecule has 0 heterocycles. The van der Waals surface area contributed by atoms with Gasteiger partial charge in [-0.1, -0.05) is 60.7 Å². The Morgan fingerprint density at radius 3 is 2.04 bits per heavy atom. The molecular formula is C19H24N2OS2. The van der Waals surface area contributed by atoms with Crippen molar-refractivity contribution in [3.8, 4) is 0 Å². The highest BCUT2D eigenvalue weighted by Gasteiger charge is 2.12. The standard InChI is InChI=1S/C19H24N2OS2/c20-18(15-24-14-17-9-5-2-6-10-17)19(22)21-11-12-23-13-16-7-3-1-4-8-16/h1-10,18H,11-15,20H2,(H,21,22). The molecule has 2 aromatic carbocycles. The molecule has 1 atom stereocenters. The zero-order valence-corrected chi connectivity index (χ0v) is 15.3. The number of nitrogens with one attached hydrogen (secondary N) is 1. The second-order valence-corrected chi connectivity index (χ2v) is 7.57. The van der Waals surface area contributed by atoms with E-state index in [1.807, 2.05) is 48.2 Å². The van der Waals surface area contributed by atoms with Crippen molar-refractivity contribution in [3.05, 3.63) is 71.8 Å². The van der Waals surface area contributed by atoms with Crippen LogP contribution < -0.4 is 11.1 Å². The van der Waals surface area contributed by atoms with E-state index in [1.165, 1.54) is 11.1 Å². The summed E-state index contributed by atoms with van der Waals surface area (Å²) in [5, 5.41) is 2.92. The molecule has 0 radical (unpaired) electrons. The smallest absolute Gasteiger partial charge is 0.237 e. The molecule has 0 aromatic heterocycles. The Morgan fingerprint density at radius 2 is 1.46 bits per heavy atom. The van der Waals surface area contributed by atoms with Gasteiger partial charge in [-0.05, 0) is 11.1 Å². The van der Waals surface area contributed by atoms with Crippen molar-refractivity contribution in [3.63, 3.8) is 0 Å². The Balaban J connectivity index is 1.53. The van der Waals surface area contributed by atoms with Crippen LogP contribution in [0.1, 0.15) is 11.1 Å². The van der Waals surface area contributed by atoms with Crippen LogP contribution in [0.25, 0.3) is 0 Å². The van der Waals surface area contributed by atoms with Gasteiger partial charge in [0.2, 0.25) is 5.91 Å². The summed E-state index contributed by atoms with van der Waals surface area (Å²) in [6.45, 7) is 0.660. The lowest BCUT2D eigenvalue weighted by Gasteiger charge is -2.12. The van der Waals surface area contributed by atoms with Gasteiger partial charge in [0.15, 0.2) is 0 Å². The van der Waals surface area contributed by atoms with Crippen LogP contribution in [0.5, 0.6) is 0 Å². The van der Waals surface area contributed by atoms with Crippen molar-refractivity contribution in [2.75, 3.05) is 18.1 Å². The van der Waals surface area contributed by atoms with Crippen molar-refractivity contribution in [1.29, 1.82) is 0 Å². The van der Waals surface area contributed by atoms with Gasteiger partial charge in [-0.3, -0.25) is 4.79 Å². The summed E-state index contributed by atoms with van der Waals surface area (Å²) in [6.07, 6.45) is 0. The van der Waals surface area contributed by atoms with Crippen LogP contribution >= 0.6 is 23.5 Å². The molecule has 0 aliphatic heterocycles. The number of benzene rings is 2. The summed E-state index contributed by atoms with van der Waals surface area (Å²) >= 11 is 3.51. The first-order valence-corrected chi connectivity index (χ1v) is 10.3. The summed E-state index contributed by atoms with van der Waals surface area (Å²) in [5.41, 5.74) is 8.51. The van der Waals surface area contributed by atoms with Gasteiger partial charge in [0.1, 0.15) is 0 Å². The zero-order valence-electron chi connectivity index (χ0n) is 13.7. The zero-order chi connectivity index (χ0) is 17.0. The minimum Gasteiger partial charge on any atom is -0.354 e. The molecule has 3 N–H and O–H groups in total. The molecule has 0 bridgehead atoms. The Morgan fingerprint density at radius 1 is 0.917 bits per heavy atom. The maximum atomic E-state index is 12.0. The summed E-state index contributed by atoms with van der Waals surface area (Å²) in [5.74, 6) is 3.32. The average molecular weight is 361 g/mol. The van der Waals surface area contributed by atoms with Gasteiger partial charge < -0.3 is 11.1 Å². The molecular weight excluding hydrogens is 336 g/mol. The molecule has 1 amide bonds. The van der Waals surface area contributed by atoms with Gasteiger partial charge in [0, 0.05) is 29.6 Å². The Bertz CT molecular complexity index is 593. The molecule has 2 rings (SSSR count). The van der Waals surface area contributed by atoms with E-state index in [4.69, 9.17) is 5.73 Å². The quantitative estimate of drug-likeness (QED) is 0.638. The van der Waals surface area contributed by atoms with Crippen LogP contribution in [0.2, 0.25) is 0 Å². The van der Waals surface area contributed by atoms with Crippen LogP contribution in [0, 0.1) is 0 Å². The average Bonchev–Trinajstić information content (AvgIpc) is 2.63. The van der Waals surface area contributed by atoms with E-state index >= 15 is 0 Å². The number of rotatable bonds is 10. The van der Waals surface area contributed by atoms with Crippen LogP contribution in [0.15, 0.2) is 60.7 Å². The molecule has 0 aliphatic rings. The fraction of sp³-hybridized carbons (Fsp3) is 0.316. The van der Waals surface area contributed by atoms with Crippen molar-refractivity contribution in [1.82, 2.24) is 5.32 Å². The van der Waals surface area contributed by atoms with E-state index in [2.05, 4.69) is 29.6 Å². The minimum atomic E-state index is -0.446. The fourth-order valence-corrected chi connectivity index (χ4v) is 3.87. The number of amides is 1. The van der Waals surface area contributed by atoms with Gasteiger partial charge >= 0.3 is 0 Å². The van der Waals surface area contributed by atoms with Crippen molar-refractivity contribution < 1.29 is 4.79 Å². The predicted octanol–water partition coefficient (Wildman–Crippen LogP) is 3.30. The van der Waals surface area contributed by atoms with Crippen molar-refractivity contribution >= 4 is 29.4 Å². The maximum Gasteiger partial charge on any atom is 0.237 e. The molecule has 1 unspecified atom stereocenters. The Kier molecular flexibility index (Phi) is 8.81. The van der Waals surface area contributed by atoms with Crippen LogP contribution in [-0.2, 0) is 16.3 Å². The topological polar surface area (TPSA) is 55.1 Å². The molecule has 24 heavy (non-hydrogen) atoms. The normalized spacial score (nSPS) is 11.9. The molecule has 0 saturated heterocycles. The molecule has 0 saturated carbocycles. The van der Waals surface area contributed by atoms with E-state index in [1.54, 1.807) is 11.8 Å². The SMILES string of the molecule is NC(CSCc1ccccc1)C(=O)NCCSCc1ccccc1. The van der Waals surface area contributed by atoms with Crippen molar-refractivity contribution in [2.24, 2.45) is 5.73 Å². The number of hydrogen-bond donors (Lipinski definition) is 2. The number of nitrogens with two attached hydrogens (primary N) is 1. The fourth-order valence-electron chi connectivity index (χ4n) is 2.10. The van der Waals surface area contributed by atoms with E-state index < -0.39 is 6.04 Å². The molecule has 0 fully saturated rings. The lowest BCUT2D eigenvalue weighted by molar-refractivity contribution is -0.121. The lowest BCUT2D eigenvalue weighted by atomic mass is 10.2. The molecule has 5 heteroatoms. The first-order valence-electron chi connectivity index (χ1n) is 8.02. The third-order valence-electron chi connectivity index (χ3n) is 3.40. The molecule has 128 valence electrons. The number of hydrogen-bond acceptors (Lipinski definition) is 4. The Labute approximate surface area is 152 Å². The van der Waals surface area contributed by atoms with Crippen LogP contribution in [0.4, 0.5) is 0 Å². The first kappa shape index (κ1) is 18.9. The van der Waals surface area contributed by atoms with Gasteiger partial charge in [-0.25, -0.2) is 0 Å². The van der Waals surface area contributed by atoms with Crippen LogP contribution in [0.3, 0.4) is 0 Å². The maximum absolute atomic E-state index is 12.0. The number of thioether (sulfide) groups is 2. The van der Waals surface area contributed by atoms with Crippen LogP contribution in [-0.4, -0.2) is 30.0 Å². The van der Waals surface area contributed by atoms with E-state index in [-0.39, 0.29) is 5.91 Å². The van der Waals surface area contributed by atoms with Crippen molar-refractivity contribution in [2.45, 2.75) is 17.5 Å². The van der Waals surface area contributed by atoms with E-state index in [9.17, 15) is 4.79 Å². The third kappa shape index (κ3) is 7.43. The second kappa shape index (κ2) is 11.2. The molecule has 2 aromatic rings. The first-order chi connectivity index (χ1) is 11.8. The number of carbonyl (C=O) groups excluding carboxylic acids is 1. The number of carbonyl (C=O) groups is 1. The summed E-state index contributed by atoms with van der Waals surface area (Å²) < 4.78 is 0. The summed E-state index contributed by atoms with van der Waals surface area (Å²) in [7, 11) is 0. The van der Waals surface area contributed by atoms with Gasteiger partial charge in [0.05, 0.1) is 6.04 Å². The van der Waals surface area contributed by atoms with Gasteiger partial charge in [-0.2, -0.15) is 23.5 Å².